The lowest BCUT2D eigenvalue weighted by molar-refractivity contribution is -0.129. The highest BCUT2D eigenvalue weighted by molar-refractivity contribution is 7.99. The predicted octanol–water partition coefficient (Wildman–Crippen LogP) is 4.12. The van der Waals surface area contributed by atoms with E-state index in [4.69, 9.17) is 4.74 Å². The van der Waals surface area contributed by atoms with Gasteiger partial charge in [0.05, 0.1) is 18.9 Å². The number of carbonyl (C=O) groups is 1. The molecule has 0 saturated carbocycles. The molecule has 1 aliphatic rings. The number of nitrogens with zero attached hydrogens (tertiary/aromatic N) is 4. The number of methoxy groups -OCH3 is 1. The second-order valence-electron chi connectivity index (χ2n) is 7.49. The number of aromatic nitrogens is 3. The van der Waals surface area contributed by atoms with Crippen molar-refractivity contribution in [2.75, 3.05) is 19.9 Å². The summed E-state index contributed by atoms with van der Waals surface area (Å²) in [5.41, 5.74) is 3.60. The number of ether oxygens (including phenoxy) is 1. The van der Waals surface area contributed by atoms with Crippen molar-refractivity contribution < 1.29 is 9.53 Å². The van der Waals surface area contributed by atoms with Crippen LogP contribution < -0.4 is 4.74 Å². The van der Waals surface area contributed by atoms with Crippen LogP contribution in [0, 0.1) is 0 Å². The molecule has 0 saturated heterocycles. The fourth-order valence-corrected chi connectivity index (χ4v) is 4.80. The lowest BCUT2D eigenvalue weighted by Gasteiger charge is -2.33. The Morgan fingerprint density at radius 3 is 2.73 bits per heavy atom. The minimum atomic E-state index is 0.107. The SMILES string of the molecule is COc1ccc(-c2nnc(SCC(=O)N(C)[C@H]3CCCc4ccccc43)n2C)cc1. The lowest BCUT2D eigenvalue weighted by atomic mass is 9.87. The molecule has 1 heterocycles. The second kappa shape index (κ2) is 8.92. The molecular weight excluding hydrogens is 396 g/mol. The number of hydrogen-bond acceptors (Lipinski definition) is 5. The zero-order valence-corrected chi connectivity index (χ0v) is 18.4. The van der Waals surface area contributed by atoms with E-state index in [1.807, 2.05) is 47.8 Å². The summed E-state index contributed by atoms with van der Waals surface area (Å²) in [6, 6.07) is 16.3. The lowest BCUT2D eigenvalue weighted by Crippen LogP contribution is -2.34. The molecule has 2 aromatic carbocycles. The second-order valence-corrected chi connectivity index (χ2v) is 8.44. The first kappa shape index (κ1) is 20.5. The molecule has 1 aliphatic carbocycles. The number of benzene rings is 2. The van der Waals surface area contributed by atoms with Crippen LogP contribution in [0.15, 0.2) is 53.7 Å². The molecule has 0 spiro atoms. The molecule has 4 rings (SSSR count). The Bertz CT molecular complexity index is 1030. The van der Waals surface area contributed by atoms with Gasteiger partial charge >= 0.3 is 0 Å². The first-order valence-electron chi connectivity index (χ1n) is 10.1. The normalized spacial score (nSPS) is 15.5. The van der Waals surface area contributed by atoms with Crippen LogP contribution in [0.2, 0.25) is 0 Å². The molecule has 0 aliphatic heterocycles. The summed E-state index contributed by atoms with van der Waals surface area (Å²) < 4.78 is 7.14. The molecule has 0 unspecified atom stereocenters. The summed E-state index contributed by atoms with van der Waals surface area (Å²) in [7, 11) is 5.48. The maximum absolute atomic E-state index is 12.9. The van der Waals surface area contributed by atoms with Crippen LogP contribution in [0.3, 0.4) is 0 Å². The molecule has 156 valence electrons. The zero-order valence-electron chi connectivity index (χ0n) is 17.5. The molecule has 6 nitrogen and oxygen atoms in total. The van der Waals surface area contributed by atoms with E-state index in [9.17, 15) is 4.79 Å². The first-order chi connectivity index (χ1) is 14.6. The summed E-state index contributed by atoms with van der Waals surface area (Å²) in [6.07, 6.45) is 3.22. The molecule has 30 heavy (non-hydrogen) atoms. The Hall–Kier alpha value is -2.80. The Labute approximate surface area is 181 Å². The van der Waals surface area contributed by atoms with Crippen molar-refractivity contribution in [3.8, 4) is 17.1 Å². The van der Waals surface area contributed by atoms with Crippen molar-refractivity contribution in [1.29, 1.82) is 0 Å². The van der Waals surface area contributed by atoms with Crippen molar-refractivity contribution in [3.63, 3.8) is 0 Å². The molecule has 1 aromatic heterocycles. The summed E-state index contributed by atoms with van der Waals surface area (Å²) in [5.74, 6) is 2.01. The number of thioether (sulfide) groups is 1. The highest BCUT2D eigenvalue weighted by Crippen LogP contribution is 2.34. The quantitative estimate of drug-likeness (QED) is 0.559. The third-order valence-electron chi connectivity index (χ3n) is 5.71. The maximum Gasteiger partial charge on any atom is 0.233 e. The van der Waals surface area contributed by atoms with Crippen LogP contribution in [0.5, 0.6) is 5.75 Å². The van der Waals surface area contributed by atoms with Gasteiger partial charge in [0.2, 0.25) is 5.91 Å². The monoisotopic (exact) mass is 422 g/mol. The van der Waals surface area contributed by atoms with E-state index in [2.05, 4.69) is 34.5 Å². The van der Waals surface area contributed by atoms with Gasteiger partial charge < -0.3 is 14.2 Å². The van der Waals surface area contributed by atoms with Gasteiger partial charge in [-0.15, -0.1) is 10.2 Å². The molecule has 0 N–H and O–H groups in total. The number of hydrogen-bond donors (Lipinski definition) is 0. The van der Waals surface area contributed by atoms with Gasteiger partial charge in [-0.25, -0.2) is 0 Å². The van der Waals surface area contributed by atoms with E-state index >= 15 is 0 Å². The largest absolute Gasteiger partial charge is 0.497 e. The average Bonchev–Trinajstić information content (AvgIpc) is 3.16. The van der Waals surface area contributed by atoms with Crippen molar-refractivity contribution in [1.82, 2.24) is 19.7 Å². The fourth-order valence-electron chi connectivity index (χ4n) is 3.96. The number of amides is 1. The van der Waals surface area contributed by atoms with Crippen molar-refractivity contribution in [2.24, 2.45) is 7.05 Å². The van der Waals surface area contributed by atoms with Gasteiger partial charge in [0.1, 0.15) is 5.75 Å². The number of rotatable bonds is 6. The smallest absolute Gasteiger partial charge is 0.233 e. The topological polar surface area (TPSA) is 60.3 Å². The summed E-state index contributed by atoms with van der Waals surface area (Å²) >= 11 is 1.43. The van der Waals surface area contributed by atoms with E-state index in [1.165, 1.54) is 22.9 Å². The van der Waals surface area contributed by atoms with Crippen molar-refractivity contribution in [2.45, 2.75) is 30.5 Å². The molecule has 3 aromatic rings. The average molecular weight is 423 g/mol. The Morgan fingerprint density at radius 1 is 1.20 bits per heavy atom. The van der Waals surface area contributed by atoms with Crippen LogP contribution in [-0.4, -0.2) is 45.5 Å². The predicted molar refractivity (Wildman–Crippen MR) is 119 cm³/mol. The molecule has 7 heteroatoms. The van der Waals surface area contributed by atoms with E-state index < -0.39 is 0 Å². The van der Waals surface area contributed by atoms with Crippen LogP contribution in [0.25, 0.3) is 11.4 Å². The molecular formula is C23H26N4O2S. The van der Waals surface area contributed by atoms with Crippen molar-refractivity contribution in [3.05, 3.63) is 59.7 Å². The van der Waals surface area contributed by atoms with Crippen LogP contribution in [0.4, 0.5) is 0 Å². The summed E-state index contributed by atoms with van der Waals surface area (Å²) in [6.45, 7) is 0. The molecule has 0 bridgehead atoms. The number of fused-ring (bicyclic) bond motifs is 1. The Morgan fingerprint density at radius 2 is 1.97 bits per heavy atom. The standard InChI is InChI=1S/C23H26N4O2S/c1-26(20-10-6-8-16-7-4-5-9-19(16)20)21(28)15-30-23-25-24-22(27(23)2)17-11-13-18(29-3)14-12-17/h4-5,7,9,11-14,20H,6,8,10,15H2,1-3H3/t20-/m0/s1. The van der Waals surface area contributed by atoms with Gasteiger partial charge in [-0.1, -0.05) is 36.0 Å². The van der Waals surface area contributed by atoms with E-state index in [1.54, 1.807) is 7.11 Å². The molecule has 1 amide bonds. The van der Waals surface area contributed by atoms with E-state index in [0.29, 0.717) is 5.75 Å². The highest BCUT2D eigenvalue weighted by atomic mass is 32.2. The summed E-state index contributed by atoms with van der Waals surface area (Å²) in [5, 5.41) is 9.33. The van der Waals surface area contributed by atoms with Crippen LogP contribution in [0.1, 0.15) is 30.0 Å². The van der Waals surface area contributed by atoms with Gasteiger partial charge in [-0.3, -0.25) is 4.79 Å². The van der Waals surface area contributed by atoms with Crippen molar-refractivity contribution >= 4 is 17.7 Å². The van der Waals surface area contributed by atoms with Gasteiger partial charge in [-0.05, 0) is 54.7 Å². The van der Waals surface area contributed by atoms with Gasteiger partial charge in [-0.2, -0.15) is 0 Å². The third kappa shape index (κ3) is 4.07. The Kier molecular flexibility index (Phi) is 6.08. The van der Waals surface area contributed by atoms with E-state index in [0.717, 1.165) is 41.6 Å². The molecule has 0 radical (unpaired) electrons. The zero-order chi connectivity index (χ0) is 21.1. The van der Waals surface area contributed by atoms with Gasteiger partial charge in [0.25, 0.3) is 0 Å². The Balaban J connectivity index is 1.42. The first-order valence-corrected chi connectivity index (χ1v) is 11.1. The van der Waals surface area contributed by atoms with Crippen LogP contribution in [-0.2, 0) is 18.3 Å². The third-order valence-corrected chi connectivity index (χ3v) is 6.71. The highest BCUT2D eigenvalue weighted by Gasteiger charge is 2.26. The minimum Gasteiger partial charge on any atom is -0.497 e. The van der Waals surface area contributed by atoms with Crippen LogP contribution >= 0.6 is 11.8 Å². The van der Waals surface area contributed by atoms with Gasteiger partial charge in [0, 0.05) is 19.7 Å². The fraction of sp³-hybridized carbons (Fsp3) is 0.348. The van der Waals surface area contributed by atoms with Gasteiger partial charge in [0.15, 0.2) is 11.0 Å². The number of carbonyl (C=O) groups excluding carboxylic acids is 1. The summed E-state index contributed by atoms with van der Waals surface area (Å²) in [4.78, 5) is 14.8. The molecule has 1 atom stereocenters. The maximum atomic E-state index is 12.9. The molecule has 0 fully saturated rings. The number of aryl methyl sites for hydroxylation is 1. The van der Waals surface area contributed by atoms with E-state index in [-0.39, 0.29) is 11.9 Å². The minimum absolute atomic E-state index is 0.107.